The van der Waals surface area contributed by atoms with Crippen molar-refractivity contribution in [1.82, 2.24) is 9.78 Å². The van der Waals surface area contributed by atoms with Gasteiger partial charge in [-0.2, -0.15) is 5.10 Å². The second-order valence-corrected chi connectivity index (χ2v) is 4.05. The molecule has 3 rings (SSSR count). The summed E-state index contributed by atoms with van der Waals surface area (Å²) < 4.78 is 12.6. The van der Waals surface area contributed by atoms with Gasteiger partial charge in [-0.1, -0.05) is 6.07 Å². The van der Waals surface area contributed by atoms with Crippen LogP contribution in [0.3, 0.4) is 0 Å². The molecule has 2 aromatic rings. The van der Waals surface area contributed by atoms with Crippen LogP contribution in [0.1, 0.15) is 12.6 Å². The van der Waals surface area contributed by atoms with E-state index in [0.717, 1.165) is 34.9 Å². The summed E-state index contributed by atoms with van der Waals surface area (Å²) >= 11 is 0. The van der Waals surface area contributed by atoms with Crippen LogP contribution in [-0.2, 0) is 6.54 Å². The summed E-state index contributed by atoms with van der Waals surface area (Å²) in [6.07, 6.45) is 2.06. The predicted octanol–water partition coefficient (Wildman–Crippen LogP) is 2.61. The van der Waals surface area contributed by atoms with Gasteiger partial charge >= 0.3 is 0 Å². The summed E-state index contributed by atoms with van der Waals surface area (Å²) in [5, 5.41) is 4.44. The van der Waals surface area contributed by atoms with E-state index in [1.807, 2.05) is 29.8 Å². The Bertz CT molecular complexity index is 561. The number of nitrogens with zero attached hydrogens (tertiary/aromatic N) is 2. The number of fused-ring (bicyclic) bond motifs is 1. The highest BCUT2D eigenvalue weighted by Crippen LogP contribution is 2.36. The third-order valence-corrected chi connectivity index (χ3v) is 2.95. The first kappa shape index (κ1) is 10.2. The number of rotatable bonds is 2. The molecule has 4 heteroatoms. The molecule has 1 aromatic heterocycles. The van der Waals surface area contributed by atoms with Gasteiger partial charge < -0.3 is 9.47 Å². The molecule has 0 saturated carbocycles. The molecule has 1 aliphatic heterocycles. The van der Waals surface area contributed by atoms with Crippen molar-refractivity contribution in [3.8, 4) is 22.6 Å². The van der Waals surface area contributed by atoms with Crippen molar-refractivity contribution < 1.29 is 9.47 Å². The van der Waals surface area contributed by atoms with E-state index in [1.165, 1.54) is 0 Å². The lowest BCUT2D eigenvalue weighted by Crippen LogP contribution is -1.93. The molecule has 0 spiro atoms. The fourth-order valence-electron chi connectivity index (χ4n) is 2.03. The van der Waals surface area contributed by atoms with Crippen molar-refractivity contribution in [3.63, 3.8) is 0 Å². The standard InChI is InChI=1S/C13H14N2O2/c1-3-15-7-11(9(2)14-15)10-4-5-12-13(6-10)17-8-16-12/h4-7H,3,8H2,1-2H3. The molecular weight excluding hydrogens is 216 g/mol. The van der Waals surface area contributed by atoms with E-state index in [1.54, 1.807) is 0 Å². The fraction of sp³-hybridized carbons (Fsp3) is 0.308. The van der Waals surface area contributed by atoms with E-state index in [0.29, 0.717) is 6.79 Å². The maximum atomic E-state index is 5.38. The SMILES string of the molecule is CCn1cc(-c2ccc3c(c2)OCO3)c(C)n1. The molecule has 0 atom stereocenters. The zero-order valence-corrected chi connectivity index (χ0v) is 9.93. The van der Waals surface area contributed by atoms with E-state index in [4.69, 9.17) is 9.47 Å². The first-order chi connectivity index (χ1) is 8.28. The van der Waals surface area contributed by atoms with Gasteiger partial charge in [-0.3, -0.25) is 4.68 Å². The molecule has 0 fully saturated rings. The van der Waals surface area contributed by atoms with Crippen molar-refractivity contribution in [2.24, 2.45) is 0 Å². The van der Waals surface area contributed by atoms with Crippen LogP contribution in [0.2, 0.25) is 0 Å². The van der Waals surface area contributed by atoms with Gasteiger partial charge in [-0.15, -0.1) is 0 Å². The minimum Gasteiger partial charge on any atom is -0.454 e. The summed E-state index contributed by atoms with van der Waals surface area (Å²) in [4.78, 5) is 0. The van der Waals surface area contributed by atoms with E-state index in [2.05, 4.69) is 18.2 Å². The van der Waals surface area contributed by atoms with Crippen LogP contribution >= 0.6 is 0 Å². The molecular formula is C13H14N2O2. The van der Waals surface area contributed by atoms with Crippen molar-refractivity contribution >= 4 is 0 Å². The van der Waals surface area contributed by atoms with Crippen LogP contribution in [0, 0.1) is 6.92 Å². The zero-order chi connectivity index (χ0) is 11.8. The molecule has 0 bridgehead atoms. The molecule has 1 aromatic carbocycles. The topological polar surface area (TPSA) is 36.3 Å². The number of aryl methyl sites for hydroxylation is 2. The van der Waals surface area contributed by atoms with Gasteiger partial charge in [-0.05, 0) is 31.5 Å². The highest BCUT2D eigenvalue weighted by atomic mass is 16.7. The molecule has 0 radical (unpaired) electrons. The van der Waals surface area contributed by atoms with Crippen molar-refractivity contribution in [2.75, 3.05) is 6.79 Å². The molecule has 1 aliphatic rings. The maximum absolute atomic E-state index is 5.38. The maximum Gasteiger partial charge on any atom is 0.231 e. The minimum atomic E-state index is 0.311. The van der Waals surface area contributed by atoms with Gasteiger partial charge in [0.05, 0.1) is 5.69 Å². The molecule has 88 valence electrons. The van der Waals surface area contributed by atoms with Crippen LogP contribution in [0.4, 0.5) is 0 Å². The quantitative estimate of drug-likeness (QED) is 0.795. The van der Waals surface area contributed by atoms with Crippen molar-refractivity contribution in [1.29, 1.82) is 0 Å². The highest BCUT2D eigenvalue weighted by molar-refractivity contribution is 5.68. The average Bonchev–Trinajstić information content (AvgIpc) is 2.93. The Hall–Kier alpha value is -1.97. The molecule has 0 saturated heterocycles. The smallest absolute Gasteiger partial charge is 0.231 e. The Labute approximate surface area is 99.8 Å². The van der Waals surface area contributed by atoms with Crippen LogP contribution in [0.15, 0.2) is 24.4 Å². The Balaban J connectivity index is 2.06. The summed E-state index contributed by atoms with van der Waals surface area (Å²) in [6, 6.07) is 5.99. The number of ether oxygens (including phenoxy) is 2. The Kier molecular flexibility index (Phi) is 2.28. The normalized spacial score (nSPS) is 13.1. The van der Waals surface area contributed by atoms with E-state index in [-0.39, 0.29) is 0 Å². The van der Waals surface area contributed by atoms with Crippen LogP contribution in [-0.4, -0.2) is 16.6 Å². The van der Waals surface area contributed by atoms with Gasteiger partial charge in [0, 0.05) is 18.3 Å². The molecule has 0 aliphatic carbocycles. The lowest BCUT2D eigenvalue weighted by molar-refractivity contribution is 0.174. The largest absolute Gasteiger partial charge is 0.454 e. The third-order valence-electron chi connectivity index (χ3n) is 2.95. The van der Waals surface area contributed by atoms with Crippen molar-refractivity contribution in [3.05, 3.63) is 30.1 Å². The zero-order valence-electron chi connectivity index (χ0n) is 9.93. The number of benzene rings is 1. The van der Waals surface area contributed by atoms with Crippen LogP contribution < -0.4 is 9.47 Å². The monoisotopic (exact) mass is 230 g/mol. The number of hydrogen-bond donors (Lipinski definition) is 0. The van der Waals surface area contributed by atoms with Gasteiger partial charge in [0.2, 0.25) is 6.79 Å². The minimum absolute atomic E-state index is 0.311. The first-order valence-electron chi connectivity index (χ1n) is 5.72. The summed E-state index contributed by atoms with van der Waals surface area (Å²) in [5.41, 5.74) is 3.29. The molecule has 0 unspecified atom stereocenters. The molecule has 0 amide bonds. The molecule has 0 N–H and O–H groups in total. The second-order valence-electron chi connectivity index (χ2n) is 4.05. The summed E-state index contributed by atoms with van der Waals surface area (Å²) in [5.74, 6) is 1.63. The number of hydrogen-bond acceptors (Lipinski definition) is 3. The van der Waals surface area contributed by atoms with Gasteiger partial charge in [-0.25, -0.2) is 0 Å². The second kappa shape index (κ2) is 3.80. The first-order valence-corrected chi connectivity index (χ1v) is 5.72. The molecule has 2 heterocycles. The van der Waals surface area contributed by atoms with E-state index in [9.17, 15) is 0 Å². The third kappa shape index (κ3) is 1.65. The Morgan fingerprint density at radius 3 is 2.88 bits per heavy atom. The molecule has 4 nitrogen and oxygen atoms in total. The number of aromatic nitrogens is 2. The van der Waals surface area contributed by atoms with E-state index < -0.39 is 0 Å². The van der Waals surface area contributed by atoms with Gasteiger partial charge in [0.15, 0.2) is 11.5 Å². The van der Waals surface area contributed by atoms with Crippen LogP contribution in [0.25, 0.3) is 11.1 Å². The summed E-state index contributed by atoms with van der Waals surface area (Å²) in [6.45, 7) is 5.29. The Morgan fingerprint density at radius 1 is 1.29 bits per heavy atom. The lowest BCUT2D eigenvalue weighted by Gasteiger charge is -2.01. The lowest BCUT2D eigenvalue weighted by atomic mass is 10.1. The van der Waals surface area contributed by atoms with Crippen molar-refractivity contribution in [2.45, 2.75) is 20.4 Å². The van der Waals surface area contributed by atoms with Gasteiger partial charge in [0.25, 0.3) is 0 Å². The highest BCUT2D eigenvalue weighted by Gasteiger charge is 2.15. The van der Waals surface area contributed by atoms with Gasteiger partial charge in [0.1, 0.15) is 0 Å². The predicted molar refractivity (Wildman–Crippen MR) is 64.2 cm³/mol. The fourth-order valence-corrected chi connectivity index (χ4v) is 2.03. The molecule has 17 heavy (non-hydrogen) atoms. The van der Waals surface area contributed by atoms with Crippen LogP contribution in [0.5, 0.6) is 11.5 Å². The van der Waals surface area contributed by atoms with E-state index >= 15 is 0 Å². The average molecular weight is 230 g/mol. The summed E-state index contributed by atoms with van der Waals surface area (Å²) in [7, 11) is 0. The Morgan fingerprint density at radius 2 is 2.12 bits per heavy atom.